The maximum absolute atomic E-state index is 12.2. The summed E-state index contributed by atoms with van der Waals surface area (Å²) in [5.41, 5.74) is -1.43. The van der Waals surface area contributed by atoms with Crippen LogP contribution < -0.4 is 5.32 Å². The maximum Gasteiger partial charge on any atom is 0.223 e. The highest BCUT2D eigenvalue weighted by atomic mass is 16.3. The average Bonchev–Trinajstić information content (AvgIpc) is 2.97. The lowest BCUT2D eigenvalue weighted by molar-refractivity contribution is -0.132. The van der Waals surface area contributed by atoms with Gasteiger partial charge in [-0.2, -0.15) is 0 Å². The van der Waals surface area contributed by atoms with Crippen molar-refractivity contribution in [3.8, 4) is 0 Å². The molecule has 0 aromatic heterocycles. The SMILES string of the molecule is CC(=O)NC[C@]1(O)CN(C(=O)CC2CCCC2)C[C@H]1O. The van der Waals surface area contributed by atoms with Crippen molar-refractivity contribution in [3.05, 3.63) is 0 Å². The van der Waals surface area contributed by atoms with E-state index in [4.69, 9.17) is 0 Å². The molecule has 0 bridgehead atoms. The van der Waals surface area contributed by atoms with Crippen molar-refractivity contribution in [1.29, 1.82) is 0 Å². The van der Waals surface area contributed by atoms with Gasteiger partial charge in [-0.05, 0) is 18.8 Å². The average molecular weight is 284 g/mol. The molecule has 1 heterocycles. The monoisotopic (exact) mass is 284 g/mol. The molecule has 2 amide bonds. The highest BCUT2D eigenvalue weighted by Crippen LogP contribution is 2.29. The zero-order valence-electron chi connectivity index (χ0n) is 12.0. The summed E-state index contributed by atoms with van der Waals surface area (Å²) in [4.78, 5) is 24.6. The Morgan fingerprint density at radius 3 is 2.60 bits per heavy atom. The number of aliphatic hydroxyl groups excluding tert-OH is 1. The van der Waals surface area contributed by atoms with E-state index < -0.39 is 11.7 Å². The van der Waals surface area contributed by atoms with Gasteiger partial charge in [0, 0.05) is 19.9 Å². The van der Waals surface area contributed by atoms with Crippen LogP contribution in [0.25, 0.3) is 0 Å². The van der Waals surface area contributed by atoms with Gasteiger partial charge < -0.3 is 20.4 Å². The standard InChI is InChI=1S/C14H24N2O4/c1-10(17)15-8-14(20)9-16(7-12(14)18)13(19)6-11-4-2-3-5-11/h11-12,18,20H,2-9H2,1H3,(H,15,17)/t12-,14+/m1/s1. The van der Waals surface area contributed by atoms with Gasteiger partial charge >= 0.3 is 0 Å². The van der Waals surface area contributed by atoms with Gasteiger partial charge in [0.05, 0.1) is 13.1 Å². The summed E-state index contributed by atoms with van der Waals surface area (Å²) in [5.74, 6) is 0.180. The van der Waals surface area contributed by atoms with E-state index in [0.29, 0.717) is 12.3 Å². The molecule has 2 fully saturated rings. The van der Waals surface area contributed by atoms with E-state index in [1.165, 1.54) is 24.7 Å². The number of likely N-dealkylation sites (tertiary alicyclic amines) is 1. The second kappa shape index (κ2) is 6.10. The number of carbonyl (C=O) groups excluding carboxylic acids is 2. The summed E-state index contributed by atoms with van der Waals surface area (Å²) in [6.45, 7) is 1.55. The first-order valence-electron chi connectivity index (χ1n) is 7.33. The Hall–Kier alpha value is -1.14. The van der Waals surface area contributed by atoms with Crippen LogP contribution in [0.15, 0.2) is 0 Å². The molecule has 2 aliphatic rings. The molecule has 1 saturated heterocycles. The van der Waals surface area contributed by atoms with Crippen LogP contribution >= 0.6 is 0 Å². The van der Waals surface area contributed by atoms with Crippen LogP contribution in [-0.2, 0) is 9.59 Å². The number of amides is 2. The number of hydrogen-bond acceptors (Lipinski definition) is 4. The zero-order chi connectivity index (χ0) is 14.8. The predicted octanol–water partition coefficient (Wildman–Crippen LogP) is -0.363. The number of β-amino-alcohol motifs (C(OH)–C–C–N with tert-alkyl or cyclic N) is 2. The number of rotatable bonds is 4. The Morgan fingerprint density at radius 1 is 1.35 bits per heavy atom. The number of aliphatic hydroxyl groups is 2. The quantitative estimate of drug-likeness (QED) is 0.657. The van der Waals surface area contributed by atoms with E-state index in [1.54, 1.807) is 0 Å². The minimum absolute atomic E-state index is 0.00491. The molecule has 20 heavy (non-hydrogen) atoms. The first-order valence-corrected chi connectivity index (χ1v) is 7.33. The first kappa shape index (κ1) is 15.3. The number of nitrogens with zero attached hydrogens (tertiary/aromatic N) is 1. The molecule has 0 radical (unpaired) electrons. The van der Waals surface area contributed by atoms with Crippen LogP contribution in [0.1, 0.15) is 39.0 Å². The van der Waals surface area contributed by atoms with Crippen LogP contribution in [0.3, 0.4) is 0 Å². The second-order valence-corrected chi connectivity index (χ2v) is 6.16. The van der Waals surface area contributed by atoms with Crippen LogP contribution in [-0.4, -0.2) is 58.3 Å². The predicted molar refractivity (Wildman–Crippen MR) is 72.8 cm³/mol. The van der Waals surface area contributed by atoms with Gasteiger partial charge in [-0.1, -0.05) is 12.8 Å². The van der Waals surface area contributed by atoms with Gasteiger partial charge in [0.2, 0.25) is 11.8 Å². The van der Waals surface area contributed by atoms with Crippen molar-refractivity contribution in [1.82, 2.24) is 10.2 Å². The molecule has 1 aliphatic heterocycles. The summed E-state index contributed by atoms with van der Waals surface area (Å²) >= 11 is 0. The Labute approximate surface area is 119 Å². The van der Waals surface area contributed by atoms with Crippen LogP contribution in [0.2, 0.25) is 0 Å². The molecule has 0 aromatic carbocycles. The van der Waals surface area contributed by atoms with Crippen molar-refractivity contribution in [2.45, 2.75) is 50.7 Å². The molecule has 2 atom stereocenters. The van der Waals surface area contributed by atoms with Gasteiger partial charge in [-0.3, -0.25) is 9.59 Å². The zero-order valence-corrected chi connectivity index (χ0v) is 12.0. The summed E-state index contributed by atoms with van der Waals surface area (Å²) in [5, 5.41) is 22.8. The molecule has 2 rings (SSSR count). The Morgan fingerprint density at radius 2 is 2.00 bits per heavy atom. The Bertz CT molecular complexity index is 381. The number of hydrogen-bond donors (Lipinski definition) is 3. The highest BCUT2D eigenvalue weighted by Gasteiger charge is 2.46. The molecule has 6 heteroatoms. The molecular weight excluding hydrogens is 260 g/mol. The third kappa shape index (κ3) is 3.49. The third-order valence-corrected chi connectivity index (χ3v) is 4.41. The van der Waals surface area contributed by atoms with E-state index in [2.05, 4.69) is 5.32 Å². The topological polar surface area (TPSA) is 89.9 Å². The second-order valence-electron chi connectivity index (χ2n) is 6.16. The fourth-order valence-electron chi connectivity index (χ4n) is 3.11. The van der Waals surface area contributed by atoms with Gasteiger partial charge in [-0.15, -0.1) is 0 Å². The van der Waals surface area contributed by atoms with Crippen molar-refractivity contribution in [3.63, 3.8) is 0 Å². The molecule has 1 aliphatic carbocycles. The lowest BCUT2D eigenvalue weighted by Crippen LogP contribution is -2.51. The van der Waals surface area contributed by atoms with E-state index in [9.17, 15) is 19.8 Å². The molecule has 3 N–H and O–H groups in total. The highest BCUT2D eigenvalue weighted by molar-refractivity contribution is 5.77. The van der Waals surface area contributed by atoms with Gasteiger partial charge in [0.15, 0.2) is 0 Å². The minimum atomic E-state index is -1.43. The fraction of sp³-hybridized carbons (Fsp3) is 0.857. The Balaban J connectivity index is 1.88. The van der Waals surface area contributed by atoms with Crippen molar-refractivity contribution >= 4 is 11.8 Å². The van der Waals surface area contributed by atoms with Crippen molar-refractivity contribution in [2.75, 3.05) is 19.6 Å². The third-order valence-electron chi connectivity index (χ3n) is 4.41. The van der Waals surface area contributed by atoms with Crippen LogP contribution in [0, 0.1) is 5.92 Å². The van der Waals surface area contributed by atoms with E-state index in [0.717, 1.165) is 12.8 Å². The normalized spacial score (nSPS) is 30.8. The minimum Gasteiger partial charge on any atom is -0.388 e. The van der Waals surface area contributed by atoms with Crippen LogP contribution in [0.4, 0.5) is 0 Å². The smallest absolute Gasteiger partial charge is 0.223 e. The molecular formula is C14H24N2O4. The Kier molecular flexibility index (Phi) is 4.65. The lowest BCUT2D eigenvalue weighted by Gasteiger charge is -2.25. The fourth-order valence-corrected chi connectivity index (χ4v) is 3.11. The lowest BCUT2D eigenvalue weighted by atomic mass is 10.0. The molecule has 1 saturated carbocycles. The summed E-state index contributed by atoms with van der Waals surface area (Å²) in [7, 11) is 0. The van der Waals surface area contributed by atoms with Gasteiger partial charge in [-0.25, -0.2) is 0 Å². The molecule has 0 unspecified atom stereocenters. The van der Waals surface area contributed by atoms with E-state index in [1.807, 2.05) is 0 Å². The van der Waals surface area contributed by atoms with Crippen molar-refractivity contribution < 1.29 is 19.8 Å². The van der Waals surface area contributed by atoms with Crippen LogP contribution in [0.5, 0.6) is 0 Å². The first-order chi connectivity index (χ1) is 9.40. The largest absolute Gasteiger partial charge is 0.388 e. The number of carbonyl (C=O) groups is 2. The van der Waals surface area contributed by atoms with E-state index in [-0.39, 0.29) is 31.4 Å². The summed E-state index contributed by atoms with van der Waals surface area (Å²) in [6.07, 6.45) is 4.06. The van der Waals surface area contributed by atoms with E-state index >= 15 is 0 Å². The summed E-state index contributed by atoms with van der Waals surface area (Å²) in [6, 6.07) is 0. The molecule has 0 aromatic rings. The number of nitrogens with one attached hydrogen (secondary N) is 1. The van der Waals surface area contributed by atoms with Gasteiger partial charge in [0.1, 0.15) is 11.7 Å². The maximum atomic E-state index is 12.2. The van der Waals surface area contributed by atoms with Gasteiger partial charge in [0.25, 0.3) is 0 Å². The molecule has 0 spiro atoms. The van der Waals surface area contributed by atoms with Crippen molar-refractivity contribution in [2.24, 2.45) is 5.92 Å². The summed E-state index contributed by atoms with van der Waals surface area (Å²) < 4.78 is 0. The molecule has 6 nitrogen and oxygen atoms in total. The molecule has 114 valence electrons.